The first-order chi connectivity index (χ1) is 12.5. The number of fused-ring (bicyclic) bond motifs is 1. The monoisotopic (exact) mass is 355 g/mol. The van der Waals surface area contributed by atoms with Gasteiger partial charge >= 0.3 is 5.97 Å². The molecule has 3 unspecified atom stereocenters. The van der Waals surface area contributed by atoms with Gasteiger partial charge in [0.1, 0.15) is 18.0 Å². The highest BCUT2D eigenvalue weighted by Gasteiger charge is 2.33. The molecule has 2 aromatic rings. The number of para-hydroxylation sites is 1. The Kier molecular flexibility index (Phi) is 5.23. The van der Waals surface area contributed by atoms with Crippen LogP contribution >= 0.6 is 0 Å². The number of esters is 1. The summed E-state index contributed by atoms with van der Waals surface area (Å²) in [7, 11) is 1.33. The van der Waals surface area contributed by atoms with Crippen LogP contribution in [0.25, 0.3) is 0 Å². The fourth-order valence-electron chi connectivity index (χ4n) is 3.16. The van der Waals surface area contributed by atoms with Crippen LogP contribution in [0.3, 0.4) is 0 Å². The average molecular weight is 355 g/mol. The second-order valence-electron chi connectivity index (χ2n) is 6.25. The summed E-state index contributed by atoms with van der Waals surface area (Å²) in [5.74, 6) is -0.0432. The van der Waals surface area contributed by atoms with E-state index in [4.69, 9.17) is 9.47 Å². The van der Waals surface area contributed by atoms with Crippen LogP contribution < -0.4 is 10.1 Å². The molecular weight excluding hydrogens is 334 g/mol. The first-order valence-electron chi connectivity index (χ1n) is 8.38. The lowest BCUT2D eigenvalue weighted by atomic mass is 9.95. The Labute approximate surface area is 151 Å². The minimum Gasteiger partial charge on any atom is -0.485 e. The van der Waals surface area contributed by atoms with Crippen LogP contribution in [0.2, 0.25) is 0 Å². The number of hydrogen-bond acceptors (Lipinski definition) is 5. The first-order valence-corrected chi connectivity index (χ1v) is 8.38. The summed E-state index contributed by atoms with van der Waals surface area (Å²) in [4.78, 5) is 23.2. The van der Waals surface area contributed by atoms with Gasteiger partial charge in [-0.3, -0.25) is 4.79 Å². The molecule has 0 spiro atoms. The number of nitrogens with one attached hydrogen (secondary N) is 1. The van der Waals surface area contributed by atoms with Crippen LogP contribution in [0.4, 0.5) is 0 Å². The lowest BCUT2D eigenvalue weighted by molar-refractivity contribution is -0.120. The lowest BCUT2D eigenvalue weighted by Gasteiger charge is -2.23. The number of carbonyl (C=O) groups is 2. The Morgan fingerprint density at radius 1 is 1.15 bits per heavy atom. The van der Waals surface area contributed by atoms with Crippen molar-refractivity contribution in [2.24, 2.45) is 0 Å². The highest BCUT2D eigenvalue weighted by Crippen LogP contribution is 2.38. The number of benzene rings is 2. The van der Waals surface area contributed by atoms with Gasteiger partial charge in [-0.15, -0.1) is 0 Å². The summed E-state index contributed by atoms with van der Waals surface area (Å²) >= 11 is 0. The van der Waals surface area contributed by atoms with E-state index in [0.717, 1.165) is 5.56 Å². The molecule has 26 heavy (non-hydrogen) atoms. The zero-order chi connectivity index (χ0) is 18.7. The molecule has 1 aliphatic rings. The quantitative estimate of drug-likeness (QED) is 0.827. The summed E-state index contributed by atoms with van der Waals surface area (Å²) in [5.41, 5.74) is 1.93. The van der Waals surface area contributed by atoms with Crippen LogP contribution in [0.1, 0.15) is 47.0 Å². The third-order valence-corrected chi connectivity index (χ3v) is 4.45. The van der Waals surface area contributed by atoms with Gasteiger partial charge in [0.15, 0.2) is 0 Å². The molecule has 0 aliphatic carbocycles. The van der Waals surface area contributed by atoms with E-state index in [0.29, 0.717) is 23.3 Å². The summed E-state index contributed by atoms with van der Waals surface area (Å²) in [6.45, 7) is 1.42. The van der Waals surface area contributed by atoms with Crippen molar-refractivity contribution in [3.05, 3.63) is 65.2 Å². The van der Waals surface area contributed by atoms with Gasteiger partial charge in [0, 0.05) is 18.9 Å². The average Bonchev–Trinajstić information content (AvgIpc) is 2.78. The third kappa shape index (κ3) is 3.70. The number of ether oxygens (including phenoxy) is 2. The van der Waals surface area contributed by atoms with Crippen molar-refractivity contribution in [3.8, 4) is 5.75 Å². The van der Waals surface area contributed by atoms with E-state index >= 15 is 0 Å². The van der Waals surface area contributed by atoms with Crippen molar-refractivity contribution in [1.29, 1.82) is 0 Å². The summed E-state index contributed by atoms with van der Waals surface area (Å²) < 4.78 is 10.8. The Morgan fingerprint density at radius 3 is 2.50 bits per heavy atom. The number of hydrogen-bond donors (Lipinski definition) is 2. The van der Waals surface area contributed by atoms with Crippen LogP contribution in [0, 0.1) is 0 Å². The van der Waals surface area contributed by atoms with Crippen LogP contribution in [0.15, 0.2) is 48.5 Å². The predicted molar refractivity (Wildman–Crippen MR) is 94.8 cm³/mol. The van der Waals surface area contributed by atoms with Crippen molar-refractivity contribution in [3.63, 3.8) is 0 Å². The highest BCUT2D eigenvalue weighted by atomic mass is 16.5. The molecule has 0 saturated heterocycles. The molecule has 1 heterocycles. The molecule has 0 bridgehead atoms. The molecule has 3 atom stereocenters. The van der Waals surface area contributed by atoms with Crippen molar-refractivity contribution < 1.29 is 24.2 Å². The molecule has 6 heteroatoms. The maximum Gasteiger partial charge on any atom is 0.337 e. The largest absolute Gasteiger partial charge is 0.485 e. The molecule has 0 radical (unpaired) electrons. The number of rotatable bonds is 3. The van der Waals surface area contributed by atoms with E-state index in [1.807, 2.05) is 12.1 Å². The molecule has 1 aliphatic heterocycles. The summed E-state index contributed by atoms with van der Waals surface area (Å²) in [6, 6.07) is 13.7. The zero-order valence-electron chi connectivity index (χ0n) is 14.6. The fourth-order valence-corrected chi connectivity index (χ4v) is 3.16. The second kappa shape index (κ2) is 7.58. The molecule has 1 amide bonds. The molecule has 0 fully saturated rings. The van der Waals surface area contributed by atoms with Gasteiger partial charge in [-0.1, -0.05) is 30.3 Å². The Balaban J connectivity index is 1.94. The number of aliphatic hydroxyl groups is 1. The van der Waals surface area contributed by atoms with E-state index in [-0.39, 0.29) is 12.0 Å². The number of methoxy groups -OCH3 is 1. The lowest BCUT2D eigenvalue weighted by Crippen LogP contribution is -2.38. The van der Waals surface area contributed by atoms with E-state index in [2.05, 4.69) is 5.32 Å². The second-order valence-corrected chi connectivity index (χ2v) is 6.25. The van der Waals surface area contributed by atoms with Gasteiger partial charge in [0.25, 0.3) is 0 Å². The third-order valence-electron chi connectivity index (χ3n) is 4.45. The van der Waals surface area contributed by atoms with E-state index in [1.165, 1.54) is 14.0 Å². The Bertz CT molecular complexity index is 802. The number of carbonyl (C=O) groups excluding carboxylic acids is 2. The fraction of sp³-hybridized carbons (Fsp3) is 0.300. The molecular formula is C20H21NO5. The van der Waals surface area contributed by atoms with Crippen molar-refractivity contribution in [2.75, 3.05) is 7.11 Å². The molecule has 0 saturated carbocycles. The molecule has 3 rings (SSSR count). The van der Waals surface area contributed by atoms with Crippen molar-refractivity contribution >= 4 is 11.9 Å². The minimum absolute atomic E-state index is 0.215. The molecule has 136 valence electrons. The normalized spacial score (nSPS) is 21.7. The molecule has 0 aromatic heterocycles. The smallest absolute Gasteiger partial charge is 0.337 e. The van der Waals surface area contributed by atoms with Crippen LogP contribution in [-0.4, -0.2) is 30.1 Å². The zero-order valence-corrected chi connectivity index (χ0v) is 14.6. The summed E-state index contributed by atoms with van der Waals surface area (Å²) in [6.07, 6.45) is -0.848. The Morgan fingerprint density at radius 2 is 1.85 bits per heavy atom. The maximum atomic E-state index is 11.6. The number of aliphatic hydroxyl groups excluding tert-OH is 1. The number of amides is 1. The Hall–Kier alpha value is -2.86. The van der Waals surface area contributed by atoms with Gasteiger partial charge in [-0.25, -0.2) is 4.79 Å². The van der Waals surface area contributed by atoms with E-state index < -0.39 is 18.1 Å². The predicted octanol–water partition coefficient (Wildman–Crippen LogP) is 2.54. The SMILES string of the molecule is COC(=O)c1ccc(C2CC(NC(C)=O)C(O)c3ccccc3O2)cc1. The standard InChI is InChI=1S/C20H21NO5/c1-12(22)21-16-11-18(13-7-9-14(10-8-13)20(24)25-2)26-17-6-4-3-5-15(17)19(16)23/h3-10,16,18-19,23H,11H2,1-2H3,(H,21,22). The topological polar surface area (TPSA) is 84.9 Å². The van der Waals surface area contributed by atoms with Gasteiger partial charge in [-0.05, 0) is 23.8 Å². The molecule has 2 N–H and O–H groups in total. The van der Waals surface area contributed by atoms with Crippen LogP contribution in [0.5, 0.6) is 5.75 Å². The van der Waals surface area contributed by atoms with E-state index in [9.17, 15) is 14.7 Å². The van der Waals surface area contributed by atoms with Gasteiger partial charge in [-0.2, -0.15) is 0 Å². The van der Waals surface area contributed by atoms with Gasteiger partial charge in [0.05, 0.1) is 18.7 Å². The van der Waals surface area contributed by atoms with Gasteiger partial charge < -0.3 is 19.9 Å². The van der Waals surface area contributed by atoms with E-state index in [1.54, 1.807) is 36.4 Å². The van der Waals surface area contributed by atoms with Crippen molar-refractivity contribution in [1.82, 2.24) is 5.32 Å². The molecule has 2 aromatic carbocycles. The summed E-state index contributed by atoms with van der Waals surface area (Å²) in [5, 5.41) is 13.5. The minimum atomic E-state index is -0.866. The van der Waals surface area contributed by atoms with Crippen molar-refractivity contribution in [2.45, 2.75) is 31.6 Å². The van der Waals surface area contributed by atoms with Gasteiger partial charge in [0.2, 0.25) is 5.91 Å². The maximum absolute atomic E-state index is 11.6. The van der Waals surface area contributed by atoms with Crippen LogP contribution in [-0.2, 0) is 9.53 Å². The first kappa shape index (κ1) is 17.9. The highest BCUT2D eigenvalue weighted by molar-refractivity contribution is 5.89. The molecule has 6 nitrogen and oxygen atoms in total.